The number of nitrogens with zero attached hydrogens (tertiary/aromatic N) is 1. The molecule has 2 aliphatic rings. The first-order valence-electron chi connectivity index (χ1n) is 11.0. The summed E-state index contributed by atoms with van der Waals surface area (Å²) in [7, 11) is 0. The second kappa shape index (κ2) is 9.54. The SMILES string of the molecule is C[C@@H]1C[C@H](OC[C@@H](O)CN2CCC(Cc3ccccc3)CC2)CC(C)(C)C1. The van der Waals surface area contributed by atoms with Crippen molar-refractivity contribution >= 4 is 0 Å². The van der Waals surface area contributed by atoms with Crippen molar-refractivity contribution in [2.45, 2.75) is 71.5 Å². The third kappa shape index (κ3) is 6.89. The van der Waals surface area contributed by atoms with Crippen molar-refractivity contribution in [2.24, 2.45) is 17.3 Å². The van der Waals surface area contributed by atoms with Crippen LogP contribution in [0.5, 0.6) is 0 Å². The van der Waals surface area contributed by atoms with E-state index >= 15 is 0 Å². The summed E-state index contributed by atoms with van der Waals surface area (Å²) in [5, 5.41) is 10.5. The van der Waals surface area contributed by atoms with Gasteiger partial charge in [0.2, 0.25) is 0 Å². The van der Waals surface area contributed by atoms with Crippen molar-refractivity contribution in [1.29, 1.82) is 0 Å². The number of rotatable bonds is 7. The van der Waals surface area contributed by atoms with Gasteiger partial charge in [0.15, 0.2) is 0 Å². The van der Waals surface area contributed by atoms with Crippen LogP contribution >= 0.6 is 0 Å². The number of aliphatic hydroxyl groups excluding tert-OH is 1. The van der Waals surface area contributed by atoms with Crippen molar-refractivity contribution in [3.05, 3.63) is 35.9 Å². The summed E-state index contributed by atoms with van der Waals surface area (Å²) in [5.41, 5.74) is 1.82. The quantitative estimate of drug-likeness (QED) is 0.762. The van der Waals surface area contributed by atoms with Crippen LogP contribution in [-0.2, 0) is 11.2 Å². The number of piperidine rings is 1. The van der Waals surface area contributed by atoms with E-state index in [0.717, 1.165) is 44.3 Å². The van der Waals surface area contributed by atoms with E-state index in [4.69, 9.17) is 4.74 Å². The number of likely N-dealkylation sites (tertiary alicyclic amines) is 1. The number of β-amino-alcohol motifs (C(OH)–C–C–N with tert-alkyl or cyclic N) is 1. The molecule has 0 aromatic heterocycles. The lowest BCUT2D eigenvalue weighted by atomic mass is 9.71. The molecular formula is C24H39NO2. The second-order valence-corrected chi connectivity index (χ2v) is 9.96. The molecule has 1 aromatic carbocycles. The molecular weight excluding hydrogens is 334 g/mol. The smallest absolute Gasteiger partial charge is 0.0900 e. The molecule has 1 saturated heterocycles. The summed E-state index contributed by atoms with van der Waals surface area (Å²) in [4.78, 5) is 2.42. The minimum Gasteiger partial charge on any atom is -0.389 e. The van der Waals surface area contributed by atoms with Gasteiger partial charge in [-0.15, -0.1) is 0 Å². The predicted molar refractivity (Wildman–Crippen MR) is 112 cm³/mol. The van der Waals surface area contributed by atoms with Crippen LogP contribution in [0.2, 0.25) is 0 Å². The van der Waals surface area contributed by atoms with E-state index in [2.05, 4.69) is 56.0 Å². The molecule has 3 nitrogen and oxygen atoms in total. The maximum Gasteiger partial charge on any atom is 0.0900 e. The zero-order valence-corrected chi connectivity index (χ0v) is 17.6. The number of benzene rings is 1. The van der Waals surface area contributed by atoms with Crippen molar-refractivity contribution in [3.63, 3.8) is 0 Å². The highest BCUT2D eigenvalue weighted by Crippen LogP contribution is 2.39. The summed E-state index contributed by atoms with van der Waals surface area (Å²) in [6.07, 6.45) is 7.15. The lowest BCUT2D eigenvalue weighted by Crippen LogP contribution is -2.41. The molecule has 3 atom stereocenters. The van der Waals surface area contributed by atoms with Crippen LogP contribution in [0.1, 0.15) is 58.4 Å². The Kier molecular flexibility index (Phi) is 7.35. The minimum absolute atomic E-state index is 0.315. The normalized spacial score (nSPS) is 28.1. The largest absolute Gasteiger partial charge is 0.389 e. The Morgan fingerprint density at radius 3 is 2.52 bits per heavy atom. The van der Waals surface area contributed by atoms with Crippen molar-refractivity contribution in [1.82, 2.24) is 4.90 Å². The molecule has 0 radical (unpaired) electrons. The molecule has 0 amide bonds. The Balaban J connectivity index is 1.34. The first kappa shape index (κ1) is 20.8. The molecule has 2 fully saturated rings. The molecule has 0 spiro atoms. The summed E-state index contributed by atoms with van der Waals surface area (Å²) >= 11 is 0. The van der Waals surface area contributed by atoms with Crippen LogP contribution in [0.4, 0.5) is 0 Å². The summed E-state index contributed by atoms with van der Waals surface area (Å²) < 4.78 is 6.12. The van der Waals surface area contributed by atoms with E-state index < -0.39 is 0 Å². The molecule has 1 heterocycles. The fourth-order valence-corrected chi connectivity index (χ4v) is 5.30. The Labute approximate surface area is 166 Å². The second-order valence-electron chi connectivity index (χ2n) is 9.96. The van der Waals surface area contributed by atoms with E-state index in [-0.39, 0.29) is 6.10 Å². The van der Waals surface area contributed by atoms with Gasteiger partial charge in [-0.25, -0.2) is 0 Å². The molecule has 0 bridgehead atoms. The Bertz CT molecular complexity index is 551. The highest BCUT2D eigenvalue weighted by molar-refractivity contribution is 5.15. The lowest BCUT2D eigenvalue weighted by Gasteiger charge is -2.39. The summed E-state index contributed by atoms with van der Waals surface area (Å²) in [6, 6.07) is 10.8. The van der Waals surface area contributed by atoms with Gasteiger partial charge in [0.1, 0.15) is 0 Å². The van der Waals surface area contributed by atoms with Crippen LogP contribution in [-0.4, -0.2) is 48.5 Å². The highest BCUT2D eigenvalue weighted by Gasteiger charge is 2.33. The van der Waals surface area contributed by atoms with Crippen molar-refractivity contribution in [2.75, 3.05) is 26.2 Å². The van der Waals surface area contributed by atoms with Crippen LogP contribution < -0.4 is 0 Å². The standard InChI is InChI=1S/C24H39NO2/c1-19-13-23(16-24(2,3)15-19)27-18-22(26)17-25-11-9-21(10-12-25)14-20-7-5-4-6-8-20/h4-8,19,21-23,26H,9-18H2,1-3H3/t19-,22+,23+/m1/s1. The molecule has 0 unspecified atom stereocenters. The van der Waals surface area contributed by atoms with E-state index in [1.54, 1.807) is 0 Å². The van der Waals surface area contributed by atoms with Crippen LogP contribution in [0.3, 0.4) is 0 Å². The van der Waals surface area contributed by atoms with Crippen LogP contribution in [0.25, 0.3) is 0 Å². The number of hydrogen-bond acceptors (Lipinski definition) is 3. The predicted octanol–water partition coefficient (Wildman–Crippen LogP) is 4.53. The zero-order valence-electron chi connectivity index (χ0n) is 17.6. The van der Waals surface area contributed by atoms with Gasteiger partial charge >= 0.3 is 0 Å². The monoisotopic (exact) mass is 373 g/mol. The van der Waals surface area contributed by atoms with E-state index in [0.29, 0.717) is 18.1 Å². The van der Waals surface area contributed by atoms with Crippen molar-refractivity contribution in [3.8, 4) is 0 Å². The molecule has 1 aliphatic carbocycles. The zero-order chi connectivity index (χ0) is 19.3. The van der Waals surface area contributed by atoms with Gasteiger partial charge < -0.3 is 14.7 Å². The number of ether oxygens (including phenoxy) is 1. The molecule has 27 heavy (non-hydrogen) atoms. The molecule has 3 rings (SSSR count). The van der Waals surface area contributed by atoms with E-state index in [9.17, 15) is 5.11 Å². The molecule has 3 heteroatoms. The first-order chi connectivity index (χ1) is 12.9. The summed E-state index contributed by atoms with van der Waals surface area (Å²) in [5.74, 6) is 1.50. The van der Waals surface area contributed by atoms with Gasteiger partial charge in [-0.2, -0.15) is 0 Å². The average molecular weight is 374 g/mol. The minimum atomic E-state index is -0.365. The maximum atomic E-state index is 10.5. The molecule has 1 saturated carbocycles. The topological polar surface area (TPSA) is 32.7 Å². The third-order valence-corrected chi connectivity index (χ3v) is 6.41. The molecule has 152 valence electrons. The Hall–Kier alpha value is -0.900. The molecule has 1 aromatic rings. The van der Waals surface area contributed by atoms with Gasteiger partial charge in [-0.1, -0.05) is 51.1 Å². The third-order valence-electron chi connectivity index (χ3n) is 6.41. The van der Waals surface area contributed by atoms with Crippen LogP contribution in [0, 0.1) is 17.3 Å². The molecule has 1 N–H and O–H groups in total. The van der Waals surface area contributed by atoms with Crippen molar-refractivity contribution < 1.29 is 9.84 Å². The van der Waals surface area contributed by atoms with E-state index in [1.807, 2.05) is 0 Å². The summed E-state index contributed by atoms with van der Waals surface area (Å²) in [6.45, 7) is 10.4. The van der Waals surface area contributed by atoms with E-state index in [1.165, 1.54) is 31.2 Å². The van der Waals surface area contributed by atoms with Gasteiger partial charge in [-0.3, -0.25) is 0 Å². The lowest BCUT2D eigenvalue weighted by molar-refractivity contribution is -0.0627. The maximum absolute atomic E-state index is 10.5. The Morgan fingerprint density at radius 2 is 1.85 bits per heavy atom. The van der Waals surface area contributed by atoms with Gasteiger partial charge in [0, 0.05) is 6.54 Å². The fraction of sp³-hybridized carbons (Fsp3) is 0.750. The number of aliphatic hydroxyl groups is 1. The Morgan fingerprint density at radius 1 is 1.15 bits per heavy atom. The average Bonchev–Trinajstić information content (AvgIpc) is 2.61. The first-order valence-corrected chi connectivity index (χ1v) is 11.0. The van der Waals surface area contributed by atoms with Gasteiger partial charge in [0.05, 0.1) is 18.8 Å². The number of hydrogen-bond donors (Lipinski definition) is 1. The fourth-order valence-electron chi connectivity index (χ4n) is 5.30. The highest BCUT2D eigenvalue weighted by atomic mass is 16.5. The van der Waals surface area contributed by atoms with Gasteiger partial charge in [0.25, 0.3) is 0 Å². The molecule has 1 aliphatic heterocycles. The van der Waals surface area contributed by atoms with Gasteiger partial charge in [-0.05, 0) is 74.4 Å². The van der Waals surface area contributed by atoms with Crippen LogP contribution in [0.15, 0.2) is 30.3 Å².